The number of amides is 2. The number of hydrogen-bond donors (Lipinski definition) is 1. The zero-order valence-electron chi connectivity index (χ0n) is 17.5. The van der Waals surface area contributed by atoms with E-state index in [1.165, 1.54) is 11.3 Å². The first-order valence-corrected chi connectivity index (χ1v) is 11.0. The largest absolute Gasteiger partial charge is 0.466 e. The smallest absolute Gasteiger partial charge is 0.311 e. The Kier molecular flexibility index (Phi) is 7.20. The lowest BCUT2D eigenvalue weighted by molar-refractivity contribution is -0.142. The molecule has 2 aromatic rings. The second-order valence-corrected chi connectivity index (χ2v) is 8.58. The first-order valence-electron chi connectivity index (χ1n) is 10.1. The molecule has 1 atom stereocenters. The second-order valence-electron chi connectivity index (χ2n) is 7.72. The van der Waals surface area contributed by atoms with Crippen molar-refractivity contribution in [1.29, 1.82) is 0 Å². The first kappa shape index (κ1) is 22.0. The fourth-order valence-corrected chi connectivity index (χ4v) is 4.19. The van der Waals surface area contributed by atoms with Crippen molar-refractivity contribution in [3.05, 3.63) is 46.5 Å². The number of rotatable bonds is 7. The van der Waals surface area contributed by atoms with Crippen LogP contribution in [0.5, 0.6) is 0 Å². The van der Waals surface area contributed by atoms with Gasteiger partial charge in [0.15, 0.2) is 5.13 Å². The van der Waals surface area contributed by atoms with Gasteiger partial charge in [-0.2, -0.15) is 0 Å². The predicted octanol–water partition coefficient (Wildman–Crippen LogP) is 3.19. The highest BCUT2D eigenvalue weighted by atomic mass is 32.1. The monoisotopic (exact) mass is 429 g/mol. The minimum atomic E-state index is -0.594. The van der Waals surface area contributed by atoms with Crippen molar-refractivity contribution in [3.63, 3.8) is 0 Å². The van der Waals surface area contributed by atoms with Gasteiger partial charge in [0.1, 0.15) is 6.04 Å². The third-order valence-electron chi connectivity index (χ3n) is 4.87. The summed E-state index contributed by atoms with van der Waals surface area (Å²) in [6.07, 6.45) is 0.926. The summed E-state index contributed by atoms with van der Waals surface area (Å²) in [5.74, 6) is -0.432. The Bertz CT molecular complexity index is 925. The highest BCUT2D eigenvalue weighted by Crippen LogP contribution is 2.26. The molecule has 8 heteroatoms. The van der Waals surface area contributed by atoms with Crippen LogP contribution in [0, 0.1) is 5.92 Å². The van der Waals surface area contributed by atoms with Crippen molar-refractivity contribution < 1.29 is 19.1 Å². The number of anilines is 1. The van der Waals surface area contributed by atoms with Gasteiger partial charge in [0.05, 0.1) is 18.7 Å². The summed E-state index contributed by atoms with van der Waals surface area (Å²) in [6, 6.07) is 7.30. The molecule has 1 aromatic heterocycles. The third-order valence-corrected chi connectivity index (χ3v) is 5.67. The van der Waals surface area contributed by atoms with Crippen LogP contribution in [0.4, 0.5) is 5.13 Å². The Balaban J connectivity index is 1.74. The van der Waals surface area contributed by atoms with E-state index in [9.17, 15) is 14.4 Å². The second kappa shape index (κ2) is 9.84. The molecule has 0 spiro atoms. The van der Waals surface area contributed by atoms with E-state index in [2.05, 4.69) is 10.3 Å². The van der Waals surface area contributed by atoms with Crippen LogP contribution in [0.25, 0.3) is 0 Å². The number of ether oxygens (including phenoxy) is 1. The highest BCUT2D eigenvalue weighted by Gasteiger charge is 2.34. The van der Waals surface area contributed by atoms with Gasteiger partial charge in [0.2, 0.25) is 11.8 Å². The maximum atomic E-state index is 13.1. The molecule has 7 nitrogen and oxygen atoms in total. The average molecular weight is 430 g/mol. The number of carbonyl (C=O) groups excluding carboxylic acids is 3. The molecule has 1 aliphatic rings. The minimum absolute atomic E-state index is 0.0261. The number of carbonyl (C=O) groups is 3. The lowest BCUT2D eigenvalue weighted by Gasteiger charge is -2.36. The normalized spacial score (nSPS) is 15.6. The molecule has 0 saturated carbocycles. The van der Waals surface area contributed by atoms with Crippen LogP contribution in [0.2, 0.25) is 0 Å². The van der Waals surface area contributed by atoms with Gasteiger partial charge in [0, 0.05) is 24.8 Å². The van der Waals surface area contributed by atoms with Gasteiger partial charge in [0.25, 0.3) is 0 Å². The zero-order chi connectivity index (χ0) is 21.7. The molecule has 0 radical (unpaired) electrons. The average Bonchev–Trinajstić information content (AvgIpc) is 3.13. The molecule has 0 aliphatic carbocycles. The van der Waals surface area contributed by atoms with Crippen LogP contribution in [0.3, 0.4) is 0 Å². The molecule has 1 N–H and O–H groups in total. The summed E-state index contributed by atoms with van der Waals surface area (Å²) in [4.78, 5) is 43.5. The summed E-state index contributed by atoms with van der Waals surface area (Å²) in [5.41, 5.74) is 2.70. The van der Waals surface area contributed by atoms with Crippen molar-refractivity contribution in [1.82, 2.24) is 9.88 Å². The van der Waals surface area contributed by atoms with Crippen molar-refractivity contribution in [3.8, 4) is 0 Å². The van der Waals surface area contributed by atoms with Gasteiger partial charge >= 0.3 is 5.97 Å². The van der Waals surface area contributed by atoms with Crippen LogP contribution in [-0.2, 0) is 38.5 Å². The molecule has 0 fully saturated rings. The van der Waals surface area contributed by atoms with Crippen molar-refractivity contribution in [2.75, 3.05) is 11.9 Å². The number of benzene rings is 1. The topological polar surface area (TPSA) is 88.6 Å². The SMILES string of the molecule is CCOC(=O)Cc1csc(NC(=O)C2Cc3ccccc3CN2C(=O)CC(C)C)n1. The number of aromatic nitrogens is 1. The number of nitrogens with zero attached hydrogens (tertiary/aromatic N) is 2. The molecule has 1 aromatic carbocycles. The zero-order valence-corrected chi connectivity index (χ0v) is 18.3. The number of thiazole rings is 1. The maximum absolute atomic E-state index is 13.1. The summed E-state index contributed by atoms with van der Waals surface area (Å²) >= 11 is 1.25. The van der Waals surface area contributed by atoms with Crippen molar-refractivity contribution in [2.45, 2.75) is 52.6 Å². The van der Waals surface area contributed by atoms with Gasteiger partial charge in [-0.1, -0.05) is 38.1 Å². The van der Waals surface area contributed by atoms with E-state index < -0.39 is 6.04 Å². The molecular weight excluding hydrogens is 402 g/mol. The van der Waals surface area contributed by atoms with E-state index in [4.69, 9.17) is 4.74 Å². The Morgan fingerprint density at radius 1 is 1.27 bits per heavy atom. The van der Waals surface area contributed by atoms with E-state index in [-0.39, 0.29) is 30.1 Å². The van der Waals surface area contributed by atoms with Crippen LogP contribution in [0.15, 0.2) is 29.6 Å². The molecule has 0 saturated heterocycles. The number of nitrogens with one attached hydrogen (secondary N) is 1. The van der Waals surface area contributed by atoms with Crippen LogP contribution < -0.4 is 5.32 Å². The lowest BCUT2D eigenvalue weighted by atomic mass is 9.92. The van der Waals surface area contributed by atoms with Gasteiger partial charge in [-0.15, -0.1) is 11.3 Å². The molecule has 160 valence electrons. The van der Waals surface area contributed by atoms with Gasteiger partial charge in [-0.3, -0.25) is 14.4 Å². The quantitative estimate of drug-likeness (QED) is 0.683. The van der Waals surface area contributed by atoms with E-state index >= 15 is 0 Å². The maximum Gasteiger partial charge on any atom is 0.311 e. The third kappa shape index (κ3) is 5.44. The first-order chi connectivity index (χ1) is 14.4. The number of fused-ring (bicyclic) bond motifs is 1. The molecule has 2 heterocycles. The van der Waals surface area contributed by atoms with E-state index in [1.807, 2.05) is 38.1 Å². The standard InChI is InChI=1S/C22H27N3O4S/c1-4-29-20(27)11-17-13-30-22(23-17)24-21(28)18-10-15-7-5-6-8-16(15)12-25(18)19(26)9-14(2)3/h5-8,13-14,18H,4,9-12H2,1-3H3,(H,23,24,28). The summed E-state index contributed by atoms with van der Waals surface area (Å²) in [7, 11) is 0. The Hall–Kier alpha value is -2.74. The van der Waals surface area contributed by atoms with Crippen molar-refractivity contribution in [2.24, 2.45) is 5.92 Å². The molecule has 1 aliphatic heterocycles. The molecular formula is C22H27N3O4S. The molecule has 1 unspecified atom stereocenters. The van der Waals surface area contributed by atoms with E-state index in [0.29, 0.717) is 36.8 Å². The summed E-state index contributed by atoms with van der Waals surface area (Å²) < 4.78 is 4.93. The van der Waals surface area contributed by atoms with Crippen LogP contribution >= 0.6 is 11.3 Å². The molecule has 3 rings (SSSR count). The molecule has 2 amide bonds. The fourth-order valence-electron chi connectivity index (χ4n) is 3.48. The molecule has 0 bridgehead atoms. The number of hydrogen-bond acceptors (Lipinski definition) is 6. The highest BCUT2D eigenvalue weighted by molar-refractivity contribution is 7.13. The summed E-state index contributed by atoms with van der Waals surface area (Å²) in [6.45, 7) is 6.47. The molecule has 30 heavy (non-hydrogen) atoms. The van der Waals surface area contributed by atoms with Crippen LogP contribution in [0.1, 0.15) is 44.0 Å². The van der Waals surface area contributed by atoms with E-state index in [1.54, 1.807) is 17.2 Å². The number of esters is 1. The van der Waals surface area contributed by atoms with Gasteiger partial charge in [-0.25, -0.2) is 4.98 Å². The fraction of sp³-hybridized carbons (Fsp3) is 0.455. The van der Waals surface area contributed by atoms with Gasteiger partial charge < -0.3 is 15.0 Å². The Labute approximate surface area is 180 Å². The Morgan fingerprint density at radius 2 is 2.00 bits per heavy atom. The van der Waals surface area contributed by atoms with Crippen LogP contribution in [-0.4, -0.2) is 40.3 Å². The Morgan fingerprint density at radius 3 is 2.70 bits per heavy atom. The summed E-state index contributed by atoms with van der Waals surface area (Å²) in [5, 5.41) is 4.97. The van der Waals surface area contributed by atoms with E-state index in [0.717, 1.165) is 11.1 Å². The van der Waals surface area contributed by atoms with Gasteiger partial charge in [-0.05, 0) is 24.0 Å². The van der Waals surface area contributed by atoms with Crippen molar-refractivity contribution >= 4 is 34.3 Å². The predicted molar refractivity (Wildman–Crippen MR) is 115 cm³/mol. The lowest BCUT2D eigenvalue weighted by Crippen LogP contribution is -2.50. The minimum Gasteiger partial charge on any atom is -0.466 e.